The summed E-state index contributed by atoms with van der Waals surface area (Å²) in [5, 5.41) is 3.15. The lowest BCUT2D eigenvalue weighted by Crippen LogP contribution is -2.54. The molecule has 0 atom stereocenters. The van der Waals surface area contributed by atoms with Crippen molar-refractivity contribution in [1.82, 2.24) is 14.3 Å². The lowest BCUT2D eigenvalue weighted by molar-refractivity contribution is 0.342. The van der Waals surface area contributed by atoms with Gasteiger partial charge in [-0.05, 0) is 31.5 Å². The minimum Gasteiger partial charge on any atom is -0.314 e. The van der Waals surface area contributed by atoms with Crippen LogP contribution in [0, 0.1) is 0 Å². The zero-order valence-electron chi connectivity index (χ0n) is 11.7. The Labute approximate surface area is 129 Å². The van der Waals surface area contributed by atoms with E-state index in [1.54, 1.807) is 0 Å². The molecule has 0 amide bonds. The van der Waals surface area contributed by atoms with Crippen molar-refractivity contribution in [2.45, 2.75) is 19.4 Å². The summed E-state index contributed by atoms with van der Waals surface area (Å²) in [5.41, 5.74) is 0.282. The monoisotopic (exact) mass is 361 g/mol. The van der Waals surface area contributed by atoms with Crippen LogP contribution in [-0.4, -0.2) is 38.9 Å². The van der Waals surface area contributed by atoms with Gasteiger partial charge in [0.05, 0.1) is 5.54 Å². The molecule has 5 nitrogen and oxygen atoms in total. The molecule has 0 aliphatic carbocycles. The first-order valence-electron chi connectivity index (χ1n) is 6.57. The zero-order chi connectivity index (χ0) is 14.8. The van der Waals surface area contributed by atoms with Crippen LogP contribution in [0.15, 0.2) is 28.7 Å². The van der Waals surface area contributed by atoms with Crippen molar-refractivity contribution in [2.24, 2.45) is 0 Å². The fourth-order valence-corrected chi connectivity index (χ4v) is 4.02. The molecule has 1 aliphatic rings. The molecule has 0 aromatic heterocycles. The zero-order valence-corrected chi connectivity index (χ0v) is 14.1. The molecule has 0 bridgehead atoms. The maximum absolute atomic E-state index is 12.4. The van der Waals surface area contributed by atoms with Crippen LogP contribution in [0.25, 0.3) is 0 Å². The molecule has 1 fully saturated rings. The van der Waals surface area contributed by atoms with Crippen LogP contribution in [0.1, 0.15) is 19.4 Å². The Morgan fingerprint density at radius 1 is 1.20 bits per heavy atom. The highest BCUT2D eigenvalue weighted by atomic mass is 79.9. The van der Waals surface area contributed by atoms with Crippen molar-refractivity contribution in [3.8, 4) is 0 Å². The van der Waals surface area contributed by atoms with E-state index in [1.165, 1.54) is 4.31 Å². The Bertz CT molecular complexity index is 551. The van der Waals surface area contributed by atoms with Gasteiger partial charge in [-0.1, -0.05) is 28.1 Å². The molecule has 112 valence electrons. The van der Waals surface area contributed by atoms with Crippen LogP contribution in [0.3, 0.4) is 0 Å². The molecule has 1 aromatic rings. The number of rotatable bonds is 4. The molecule has 0 radical (unpaired) electrons. The highest BCUT2D eigenvalue weighted by Crippen LogP contribution is 2.23. The third kappa shape index (κ3) is 3.79. The topological polar surface area (TPSA) is 61.4 Å². The second-order valence-corrected chi connectivity index (χ2v) is 7.97. The van der Waals surface area contributed by atoms with Crippen LogP contribution < -0.4 is 10.0 Å². The summed E-state index contributed by atoms with van der Waals surface area (Å²) >= 11 is 3.38. The maximum atomic E-state index is 12.4. The summed E-state index contributed by atoms with van der Waals surface area (Å²) in [7, 11) is -3.47. The number of nitrogens with one attached hydrogen (secondary N) is 2. The summed E-state index contributed by atoms with van der Waals surface area (Å²) < 4.78 is 30.1. The largest absolute Gasteiger partial charge is 0.314 e. The molecule has 7 heteroatoms. The van der Waals surface area contributed by atoms with E-state index in [9.17, 15) is 8.42 Å². The second-order valence-electron chi connectivity index (χ2n) is 5.39. The molecule has 1 aliphatic heterocycles. The van der Waals surface area contributed by atoms with Crippen LogP contribution in [0.5, 0.6) is 0 Å². The van der Waals surface area contributed by atoms with Gasteiger partial charge in [-0.2, -0.15) is 17.4 Å². The first kappa shape index (κ1) is 15.9. The van der Waals surface area contributed by atoms with Gasteiger partial charge in [0.25, 0.3) is 10.2 Å². The van der Waals surface area contributed by atoms with Crippen molar-refractivity contribution in [2.75, 3.05) is 26.2 Å². The van der Waals surface area contributed by atoms with Gasteiger partial charge in [-0.15, -0.1) is 0 Å². The third-order valence-electron chi connectivity index (χ3n) is 3.37. The average Bonchev–Trinajstić information content (AvgIpc) is 2.39. The average molecular weight is 362 g/mol. The number of piperazine rings is 1. The van der Waals surface area contributed by atoms with E-state index in [0.29, 0.717) is 26.2 Å². The maximum Gasteiger partial charge on any atom is 0.280 e. The highest BCUT2D eigenvalue weighted by Gasteiger charge is 2.31. The van der Waals surface area contributed by atoms with Crippen molar-refractivity contribution in [3.63, 3.8) is 0 Å². The summed E-state index contributed by atoms with van der Waals surface area (Å²) in [6, 6.07) is 7.67. The minimum atomic E-state index is -3.47. The van der Waals surface area contributed by atoms with Crippen molar-refractivity contribution in [1.29, 1.82) is 0 Å². The lowest BCUT2D eigenvalue weighted by Gasteiger charge is -2.32. The Morgan fingerprint density at radius 3 is 2.30 bits per heavy atom. The molecule has 0 saturated carbocycles. The van der Waals surface area contributed by atoms with Gasteiger partial charge in [0.2, 0.25) is 0 Å². The van der Waals surface area contributed by atoms with Gasteiger partial charge < -0.3 is 5.32 Å². The molecule has 2 rings (SSSR count). The van der Waals surface area contributed by atoms with E-state index < -0.39 is 15.7 Å². The minimum absolute atomic E-state index is 0.506. The van der Waals surface area contributed by atoms with Gasteiger partial charge in [0.1, 0.15) is 0 Å². The Morgan fingerprint density at radius 2 is 1.75 bits per heavy atom. The van der Waals surface area contributed by atoms with E-state index in [4.69, 9.17) is 0 Å². The molecule has 1 saturated heterocycles. The third-order valence-corrected chi connectivity index (χ3v) is 5.71. The predicted octanol–water partition coefficient (Wildman–Crippen LogP) is 1.42. The molecule has 0 unspecified atom stereocenters. The molecule has 1 aromatic carbocycles. The SMILES string of the molecule is CC(C)(NS(=O)(=O)N1CCNCC1)c1ccc(Br)cc1. The van der Waals surface area contributed by atoms with Gasteiger partial charge in [0, 0.05) is 30.7 Å². The van der Waals surface area contributed by atoms with E-state index in [0.717, 1.165) is 10.0 Å². The number of hydrogen-bond acceptors (Lipinski definition) is 3. The Hall–Kier alpha value is -0.470. The highest BCUT2D eigenvalue weighted by molar-refractivity contribution is 9.10. The fourth-order valence-electron chi connectivity index (χ4n) is 2.20. The summed E-state index contributed by atoms with van der Waals surface area (Å²) in [4.78, 5) is 0. The van der Waals surface area contributed by atoms with Gasteiger partial charge >= 0.3 is 0 Å². The molecular formula is C13H20BrN3O2S. The second kappa shape index (κ2) is 6.11. The number of benzene rings is 1. The van der Waals surface area contributed by atoms with E-state index in [-0.39, 0.29) is 0 Å². The van der Waals surface area contributed by atoms with Crippen LogP contribution in [0.2, 0.25) is 0 Å². The molecular weight excluding hydrogens is 342 g/mol. The van der Waals surface area contributed by atoms with Crippen LogP contribution in [-0.2, 0) is 15.7 Å². The number of nitrogens with zero attached hydrogens (tertiary/aromatic N) is 1. The Kier molecular flexibility index (Phi) is 4.86. The van der Waals surface area contributed by atoms with Gasteiger partial charge in [-0.25, -0.2) is 0 Å². The van der Waals surface area contributed by atoms with Gasteiger partial charge in [-0.3, -0.25) is 0 Å². The summed E-state index contributed by atoms with van der Waals surface area (Å²) in [6.07, 6.45) is 0. The molecule has 2 N–H and O–H groups in total. The van der Waals surface area contributed by atoms with E-state index in [2.05, 4.69) is 26.0 Å². The first-order chi connectivity index (χ1) is 9.31. The summed E-state index contributed by atoms with van der Waals surface area (Å²) in [5.74, 6) is 0. The van der Waals surface area contributed by atoms with Crippen molar-refractivity contribution >= 4 is 26.1 Å². The van der Waals surface area contributed by atoms with E-state index >= 15 is 0 Å². The number of halogens is 1. The lowest BCUT2D eigenvalue weighted by atomic mass is 9.96. The fraction of sp³-hybridized carbons (Fsp3) is 0.538. The van der Waals surface area contributed by atoms with E-state index in [1.807, 2.05) is 38.1 Å². The summed E-state index contributed by atoms with van der Waals surface area (Å²) in [6.45, 7) is 6.14. The molecule has 20 heavy (non-hydrogen) atoms. The quantitative estimate of drug-likeness (QED) is 0.852. The predicted molar refractivity (Wildman–Crippen MR) is 83.7 cm³/mol. The van der Waals surface area contributed by atoms with Crippen LogP contribution >= 0.6 is 15.9 Å². The van der Waals surface area contributed by atoms with Crippen LogP contribution in [0.4, 0.5) is 0 Å². The molecule has 1 heterocycles. The van der Waals surface area contributed by atoms with Gasteiger partial charge in [0.15, 0.2) is 0 Å². The Balaban J connectivity index is 2.16. The number of hydrogen-bond donors (Lipinski definition) is 2. The smallest absolute Gasteiger partial charge is 0.280 e. The van der Waals surface area contributed by atoms with Crippen molar-refractivity contribution < 1.29 is 8.42 Å². The normalized spacial score (nSPS) is 18.1. The molecule has 0 spiro atoms. The standard InChI is InChI=1S/C13H20BrN3O2S/c1-13(2,11-3-5-12(14)6-4-11)16-20(18,19)17-9-7-15-8-10-17/h3-6,15-16H,7-10H2,1-2H3. The van der Waals surface area contributed by atoms with Crippen molar-refractivity contribution in [3.05, 3.63) is 34.3 Å². The first-order valence-corrected chi connectivity index (χ1v) is 8.80.